The molecule has 0 aromatic heterocycles. The first-order valence-electron chi connectivity index (χ1n) is 13.0. The van der Waals surface area contributed by atoms with Gasteiger partial charge in [0.1, 0.15) is 0 Å². The smallest absolute Gasteiger partial charge is 0.218 e. The van der Waals surface area contributed by atoms with Gasteiger partial charge in [0.15, 0.2) is 0 Å². The van der Waals surface area contributed by atoms with E-state index in [1.165, 1.54) is 54.9 Å². The molecule has 2 nitrogen and oxygen atoms in total. The van der Waals surface area contributed by atoms with Crippen LogP contribution in [0.4, 0.5) is 0 Å². The molecule has 0 saturated heterocycles. The molecule has 6 aromatic rings. The summed E-state index contributed by atoms with van der Waals surface area (Å²) in [7, 11) is -2.77. The third kappa shape index (κ3) is 3.34. The summed E-state index contributed by atoms with van der Waals surface area (Å²) in [6.07, 6.45) is 0. The lowest BCUT2D eigenvalue weighted by Crippen LogP contribution is -2.16. The molecule has 38 heavy (non-hydrogen) atoms. The van der Waals surface area contributed by atoms with Crippen molar-refractivity contribution in [3.8, 4) is 33.4 Å². The van der Waals surface area contributed by atoms with Gasteiger partial charge in [0.05, 0.1) is 0 Å². The van der Waals surface area contributed by atoms with Crippen molar-refractivity contribution >= 4 is 34.9 Å². The molecule has 0 heterocycles. The van der Waals surface area contributed by atoms with Crippen LogP contribution < -0.4 is 5.30 Å². The molecule has 0 radical (unpaired) electrons. The van der Waals surface area contributed by atoms with Crippen molar-refractivity contribution < 1.29 is 9.46 Å². The molecule has 0 saturated carbocycles. The van der Waals surface area contributed by atoms with Gasteiger partial charge in [-0.05, 0) is 90.3 Å². The molecule has 7 rings (SSSR count). The lowest BCUT2D eigenvalue weighted by Gasteiger charge is -2.24. The summed E-state index contributed by atoms with van der Waals surface area (Å²) in [4.78, 5) is 9.88. The fourth-order valence-electron chi connectivity index (χ4n) is 6.37. The van der Waals surface area contributed by atoms with Crippen LogP contribution in [0.15, 0.2) is 115 Å². The fourth-order valence-corrected chi connectivity index (χ4v) is 6.86. The third-order valence-corrected chi connectivity index (χ3v) is 9.00. The molecule has 0 bridgehead atoms. The van der Waals surface area contributed by atoms with Crippen molar-refractivity contribution in [3.05, 3.63) is 126 Å². The number of hydrogen-bond acceptors (Lipinski definition) is 1. The monoisotopic (exact) mass is 510 g/mol. The van der Waals surface area contributed by atoms with Crippen molar-refractivity contribution in [1.82, 2.24) is 0 Å². The van der Waals surface area contributed by atoms with Crippen LogP contribution in [-0.4, -0.2) is 4.89 Å². The van der Waals surface area contributed by atoms with Crippen molar-refractivity contribution in [1.29, 1.82) is 0 Å². The average Bonchev–Trinajstić information content (AvgIpc) is 3.17. The van der Waals surface area contributed by atoms with Gasteiger partial charge in [0.25, 0.3) is 0 Å². The Hall–Kier alpha value is -3.97. The van der Waals surface area contributed by atoms with E-state index < -0.39 is 8.03 Å². The van der Waals surface area contributed by atoms with Crippen LogP contribution in [0.3, 0.4) is 0 Å². The topological polar surface area (TPSA) is 37.3 Å². The molecule has 3 heteroatoms. The highest BCUT2D eigenvalue weighted by atomic mass is 31.1. The zero-order valence-corrected chi connectivity index (χ0v) is 22.3. The number of benzene rings is 6. The lowest BCUT2D eigenvalue weighted by molar-refractivity contribution is 0.513. The highest BCUT2D eigenvalue weighted by Gasteiger charge is 2.37. The van der Waals surface area contributed by atoms with Crippen molar-refractivity contribution in [2.45, 2.75) is 19.3 Å². The predicted octanol–water partition coefficient (Wildman–Crippen LogP) is 8.73. The van der Waals surface area contributed by atoms with E-state index in [4.69, 9.17) is 0 Å². The maximum atomic E-state index is 12.0. The molecule has 0 aliphatic heterocycles. The largest absolute Gasteiger partial charge is 0.343 e. The first-order valence-corrected chi connectivity index (χ1v) is 14.3. The molecule has 1 atom stereocenters. The molecule has 0 spiro atoms. The summed E-state index contributed by atoms with van der Waals surface area (Å²) in [5, 5.41) is 5.43. The van der Waals surface area contributed by atoms with Crippen LogP contribution >= 0.6 is 8.03 Å². The minimum Gasteiger partial charge on any atom is -0.343 e. The normalized spacial score (nSPS) is 14.4. The molecule has 0 amide bonds. The first kappa shape index (κ1) is 23.2. The summed E-state index contributed by atoms with van der Waals surface area (Å²) in [6, 6.07) is 40.6. The Morgan fingerprint density at radius 3 is 1.61 bits per heavy atom. The molecule has 1 aliphatic rings. The molecule has 184 valence electrons. The van der Waals surface area contributed by atoms with Gasteiger partial charge < -0.3 is 4.89 Å². The van der Waals surface area contributed by atoms with Gasteiger partial charge in [0.2, 0.25) is 8.03 Å². The van der Waals surface area contributed by atoms with Crippen LogP contribution in [0, 0.1) is 0 Å². The summed E-state index contributed by atoms with van der Waals surface area (Å²) in [5.74, 6) is 0. The second-order valence-electron chi connectivity index (χ2n) is 10.7. The van der Waals surface area contributed by atoms with Crippen molar-refractivity contribution in [2.75, 3.05) is 0 Å². The van der Waals surface area contributed by atoms with Gasteiger partial charge in [-0.25, -0.2) is 0 Å². The molecule has 1 aliphatic carbocycles. The van der Waals surface area contributed by atoms with Crippen molar-refractivity contribution in [2.24, 2.45) is 0 Å². The van der Waals surface area contributed by atoms with Crippen LogP contribution in [0.1, 0.15) is 25.0 Å². The van der Waals surface area contributed by atoms with E-state index in [9.17, 15) is 9.46 Å². The second kappa shape index (κ2) is 8.53. The number of fused-ring (bicyclic) bond motifs is 5. The third-order valence-electron chi connectivity index (χ3n) is 8.19. The number of hydrogen-bond donors (Lipinski definition) is 1. The lowest BCUT2D eigenvalue weighted by atomic mass is 9.79. The Morgan fingerprint density at radius 2 is 1.05 bits per heavy atom. The molecular formula is C35H27O2P. The second-order valence-corrected chi connectivity index (χ2v) is 11.8. The molecular weight excluding hydrogens is 483 g/mol. The van der Waals surface area contributed by atoms with Gasteiger partial charge in [-0.15, -0.1) is 0 Å². The van der Waals surface area contributed by atoms with Gasteiger partial charge in [-0.1, -0.05) is 105 Å². The van der Waals surface area contributed by atoms with Crippen LogP contribution in [0.2, 0.25) is 0 Å². The first-order chi connectivity index (χ1) is 18.4. The summed E-state index contributed by atoms with van der Waals surface area (Å²) in [6.45, 7) is 4.45. The van der Waals surface area contributed by atoms with E-state index in [0.717, 1.165) is 11.1 Å². The van der Waals surface area contributed by atoms with Gasteiger partial charge in [0, 0.05) is 10.7 Å². The van der Waals surface area contributed by atoms with Gasteiger partial charge in [-0.3, -0.25) is 4.57 Å². The summed E-state index contributed by atoms with van der Waals surface area (Å²) < 4.78 is 12.0. The maximum Gasteiger partial charge on any atom is 0.218 e. The Bertz CT molecular complexity index is 1900. The minimum absolute atomic E-state index is 0.293. The van der Waals surface area contributed by atoms with Crippen LogP contribution in [-0.2, 0) is 9.98 Å². The maximum absolute atomic E-state index is 12.0. The highest BCUT2D eigenvalue weighted by Crippen LogP contribution is 2.53. The zero-order chi connectivity index (χ0) is 26.0. The van der Waals surface area contributed by atoms with Crippen LogP contribution in [0.25, 0.3) is 54.9 Å². The quantitative estimate of drug-likeness (QED) is 0.191. The van der Waals surface area contributed by atoms with E-state index in [2.05, 4.69) is 111 Å². The molecule has 1 N–H and O–H groups in total. The zero-order valence-electron chi connectivity index (χ0n) is 21.3. The highest BCUT2D eigenvalue weighted by molar-refractivity contribution is 7.47. The Labute approximate surface area is 223 Å². The Morgan fingerprint density at radius 1 is 0.553 bits per heavy atom. The van der Waals surface area contributed by atoms with Gasteiger partial charge in [-0.2, -0.15) is 0 Å². The van der Waals surface area contributed by atoms with Crippen LogP contribution in [0.5, 0.6) is 0 Å². The summed E-state index contributed by atoms with van der Waals surface area (Å²) >= 11 is 0. The Kier molecular flexibility index (Phi) is 5.20. The average molecular weight is 511 g/mol. The van der Waals surface area contributed by atoms with E-state index in [-0.39, 0.29) is 5.41 Å². The molecule has 1 unspecified atom stereocenters. The predicted molar refractivity (Wildman–Crippen MR) is 161 cm³/mol. The summed E-state index contributed by atoms with van der Waals surface area (Å²) in [5.41, 5.74) is 9.29. The van der Waals surface area contributed by atoms with E-state index >= 15 is 0 Å². The van der Waals surface area contributed by atoms with E-state index in [1.807, 2.05) is 18.2 Å². The Balaban J connectivity index is 1.67. The SMILES string of the molecule is CC1(C)c2cc([PH](=O)O)ccc2-c2cc3c(-c4ccccc4)c4ccccc4c(-c4ccccc4)c3cc21. The number of rotatable bonds is 3. The minimum atomic E-state index is -2.77. The van der Waals surface area contributed by atoms with E-state index in [0.29, 0.717) is 5.30 Å². The molecule has 0 fully saturated rings. The van der Waals surface area contributed by atoms with Crippen molar-refractivity contribution in [3.63, 3.8) is 0 Å². The van der Waals surface area contributed by atoms with Gasteiger partial charge >= 0.3 is 0 Å². The fraction of sp³-hybridized carbons (Fsp3) is 0.0857. The standard InChI is InChI=1S/C35H27O2P/c1-35(2)31-19-24(38(36)37)17-18-25(31)28-20-29-30(21-32(28)35)34(23-13-7-4-8-14-23)27-16-10-9-15-26(27)33(29)22-11-5-3-6-12-22/h3-21,38H,1-2H3,(H,36,37). The van der Waals surface area contributed by atoms with E-state index in [1.54, 1.807) is 0 Å². The molecule has 6 aromatic carbocycles.